The Balaban J connectivity index is 2.23. The van der Waals surface area contributed by atoms with Crippen LogP contribution in [-0.2, 0) is 6.54 Å². The monoisotopic (exact) mass is 331 g/mol. The highest BCUT2D eigenvalue weighted by Gasteiger charge is 2.28. The zero-order valence-electron chi connectivity index (χ0n) is 10.9. The fraction of sp³-hybridized carbons (Fsp3) is 0.154. The van der Waals surface area contributed by atoms with E-state index in [1.165, 1.54) is 30.5 Å². The number of halogens is 4. The molecule has 0 unspecified atom stereocenters. The minimum atomic E-state index is -4.54. The molecule has 2 heterocycles. The lowest BCUT2D eigenvalue weighted by atomic mass is 10.3. The predicted molar refractivity (Wildman–Crippen MR) is 74.0 cm³/mol. The van der Waals surface area contributed by atoms with Crippen molar-refractivity contribution < 1.29 is 18.0 Å². The second-order valence-electron chi connectivity index (χ2n) is 4.29. The quantitative estimate of drug-likeness (QED) is 0.940. The molecule has 1 amide bonds. The van der Waals surface area contributed by atoms with Gasteiger partial charge in [-0.1, -0.05) is 11.6 Å². The first-order valence-corrected chi connectivity index (χ1v) is 6.33. The van der Waals surface area contributed by atoms with Crippen molar-refractivity contribution in [1.82, 2.24) is 9.55 Å². The molecule has 0 bridgehead atoms. The summed E-state index contributed by atoms with van der Waals surface area (Å²) in [5.41, 5.74) is -1.24. The van der Waals surface area contributed by atoms with Crippen molar-refractivity contribution in [3.63, 3.8) is 0 Å². The number of nitrogens with one attached hydrogen (secondary N) is 1. The van der Waals surface area contributed by atoms with Gasteiger partial charge in [0.2, 0.25) is 0 Å². The average molecular weight is 332 g/mol. The highest BCUT2D eigenvalue weighted by Crippen LogP contribution is 2.16. The van der Waals surface area contributed by atoms with Gasteiger partial charge in [-0.25, -0.2) is 4.98 Å². The van der Waals surface area contributed by atoms with Gasteiger partial charge >= 0.3 is 6.18 Å². The minimum Gasteiger partial charge on any atom is -0.316 e. The van der Waals surface area contributed by atoms with Crippen LogP contribution in [0.3, 0.4) is 0 Å². The molecule has 116 valence electrons. The van der Waals surface area contributed by atoms with Crippen molar-refractivity contribution >= 4 is 23.2 Å². The lowest BCUT2D eigenvalue weighted by molar-refractivity contribution is -0.141. The van der Waals surface area contributed by atoms with E-state index < -0.39 is 24.2 Å². The molecule has 0 spiro atoms. The third kappa shape index (κ3) is 4.08. The summed E-state index contributed by atoms with van der Waals surface area (Å²) in [4.78, 5) is 27.5. The summed E-state index contributed by atoms with van der Waals surface area (Å²) >= 11 is 5.63. The molecule has 0 aliphatic rings. The number of aromatic nitrogens is 2. The maximum Gasteiger partial charge on any atom is 0.406 e. The van der Waals surface area contributed by atoms with E-state index in [2.05, 4.69) is 10.3 Å². The van der Waals surface area contributed by atoms with Crippen molar-refractivity contribution in [2.24, 2.45) is 0 Å². The largest absolute Gasteiger partial charge is 0.406 e. The number of anilines is 1. The summed E-state index contributed by atoms with van der Waals surface area (Å²) in [6.45, 7) is -1.44. The molecule has 1 N–H and O–H groups in total. The third-order valence-electron chi connectivity index (χ3n) is 2.58. The van der Waals surface area contributed by atoms with Gasteiger partial charge in [0.15, 0.2) is 0 Å². The van der Waals surface area contributed by atoms with Crippen LogP contribution in [0.5, 0.6) is 0 Å². The highest BCUT2D eigenvalue weighted by molar-refractivity contribution is 6.30. The number of carbonyl (C=O) groups excluding carboxylic acids is 1. The Morgan fingerprint density at radius 1 is 1.32 bits per heavy atom. The van der Waals surface area contributed by atoms with E-state index in [0.29, 0.717) is 9.59 Å². The molecule has 9 heteroatoms. The van der Waals surface area contributed by atoms with Crippen molar-refractivity contribution in [2.75, 3.05) is 5.32 Å². The van der Waals surface area contributed by atoms with Gasteiger partial charge in [0.25, 0.3) is 11.5 Å². The fourth-order valence-corrected chi connectivity index (χ4v) is 1.76. The van der Waals surface area contributed by atoms with Crippen molar-refractivity contribution in [2.45, 2.75) is 12.7 Å². The zero-order valence-corrected chi connectivity index (χ0v) is 11.6. The molecule has 0 aliphatic carbocycles. The molecule has 0 aromatic carbocycles. The van der Waals surface area contributed by atoms with E-state index >= 15 is 0 Å². The number of alkyl halides is 3. The Kier molecular flexibility index (Phi) is 4.51. The second kappa shape index (κ2) is 6.18. The van der Waals surface area contributed by atoms with Gasteiger partial charge in [-0.3, -0.25) is 9.59 Å². The number of rotatable bonds is 3. The maximum atomic E-state index is 12.3. The Morgan fingerprint density at radius 2 is 2.05 bits per heavy atom. The van der Waals surface area contributed by atoms with Crippen LogP contribution in [0.2, 0.25) is 5.02 Å². The van der Waals surface area contributed by atoms with Crippen LogP contribution in [-0.4, -0.2) is 21.6 Å². The van der Waals surface area contributed by atoms with Crippen molar-refractivity contribution in [3.05, 3.63) is 57.7 Å². The summed E-state index contributed by atoms with van der Waals surface area (Å²) in [6, 6.07) is 5.20. The molecule has 0 saturated heterocycles. The summed E-state index contributed by atoms with van der Waals surface area (Å²) < 4.78 is 37.5. The number of hydrogen-bond donors (Lipinski definition) is 1. The van der Waals surface area contributed by atoms with E-state index in [1.807, 2.05) is 0 Å². The van der Waals surface area contributed by atoms with E-state index in [0.717, 1.165) is 6.20 Å². The van der Waals surface area contributed by atoms with Crippen molar-refractivity contribution in [3.8, 4) is 0 Å². The third-order valence-corrected chi connectivity index (χ3v) is 2.80. The van der Waals surface area contributed by atoms with Gasteiger partial charge in [0.1, 0.15) is 17.9 Å². The Labute approximate surface area is 127 Å². The van der Waals surface area contributed by atoms with Gasteiger partial charge in [0, 0.05) is 12.4 Å². The molecule has 5 nitrogen and oxygen atoms in total. The Morgan fingerprint density at radius 3 is 2.64 bits per heavy atom. The van der Waals surface area contributed by atoms with Crippen LogP contribution < -0.4 is 10.9 Å². The summed E-state index contributed by atoms with van der Waals surface area (Å²) in [6.07, 6.45) is -2.31. The normalized spacial score (nSPS) is 11.3. The second-order valence-corrected chi connectivity index (χ2v) is 4.72. The molecular formula is C13H9ClF3N3O2. The molecule has 2 rings (SSSR count). The summed E-state index contributed by atoms with van der Waals surface area (Å²) in [5, 5.41) is 2.55. The first-order chi connectivity index (χ1) is 10.3. The van der Waals surface area contributed by atoms with E-state index in [1.54, 1.807) is 0 Å². The number of nitrogens with zero attached hydrogens (tertiary/aromatic N) is 2. The topological polar surface area (TPSA) is 64.0 Å². The lowest BCUT2D eigenvalue weighted by Crippen LogP contribution is -2.30. The number of carbonyl (C=O) groups is 1. The van der Waals surface area contributed by atoms with E-state index in [4.69, 9.17) is 11.6 Å². The summed E-state index contributed by atoms with van der Waals surface area (Å²) in [5.74, 6) is -0.724. The Bertz CT molecular complexity index is 741. The summed E-state index contributed by atoms with van der Waals surface area (Å²) in [7, 11) is 0. The smallest absolute Gasteiger partial charge is 0.316 e. The first-order valence-electron chi connectivity index (χ1n) is 5.95. The van der Waals surface area contributed by atoms with Gasteiger partial charge in [0.05, 0.1) is 5.02 Å². The average Bonchev–Trinajstić information content (AvgIpc) is 2.42. The number of amides is 1. The number of pyridine rings is 2. The van der Waals surface area contributed by atoms with E-state index in [9.17, 15) is 22.8 Å². The highest BCUT2D eigenvalue weighted by atomic mass is 35.5. The van der Waals surface area contributed by atoms with Crippen LogP contribution in [0, 0.1) is 0 Å². The van der Waals surface area contributed by atoms with Crippen molar-refractivity contribution in [1.29, 1.82) is 0 Å². The van der Waals surface area contributed by atoms with Crippen LogP contribution >= 0.6 is 11.6 Å². The maximum absolute atomic E-state index is 12.3. The predicted octanol–water partition coefficient (Wildman–Crippen LogP) is 2.71. The minimum absolute atomic E-state index is 0.0185. The lowest BCUT2D eigenvalue weighted by Gasteiger charge is -2.11. The van der Waals surface area contributed by atoms with Crippen LogP contribution in [0.15, 0.2) is 41.5 Å². The van der Waals surface area contributed by atoms with Crippen LogP contribution in [0.25, 0.3) is 0 Å². The molecular weight excluding hydrogens is 323 g/mol. The van der Waals surface area contributed by atoms with Gasteiger partial charge < -0.3 is 9.88 Å². The Hall–Kier alpha value is -2.35. The van der Waals surface area contributed by atoms with Gasteiger partial charge in [-0.2, -0.15) is 13.2 Å². The van der Waals surface area contributed by atoms with Gasteiger partial charge in [-0.05, 0) is 24.3 Å². The first kappa shape index (κ1) is 16.0. The standard InChI is InChI=1S/C13H9ClF3N3O2/c14-8-3-4-9(18-6-8)11(21)19-10-2-1-5-20(12(10)22)7-13(15,16)17/h1-6H,7H2,(H,19,21). The molecule has 2 aromatic rings. The molecule has 22 heavy (non-hydrogen) atoms. The molecule has 0 atom stereocenters. The van der Waals surface area contributed by atoms with Crippen LogP contribution in [0.4, 0.5) is 18.9 Å². The molecule has 2 aromatic heterocycles. The molecule has 0 aliphatic heterocycles. The van der Waals surface area contributed by atoms with Crippen LogP contribution in [0.1, 0.15) is 10.5 Å². The fourth-order valence-electron chi connectivity index (χ4n) is 1.65. The molecule has 0 saturated carbocycles. The van der Waals surface area contributed by atoms with Gasteiger partial charge in [-0.15, -0.1) is 0 Å². The molecule has 0 fully saturated rings. The number of hydrogen-bond acceptors (Lipinski definition) is 3. The zero-order chi connectivity index (χ0) is 16.3. The SMILES string of the molecule is O=C(Nc1cccn(CC(F)(F)F)c1=O)c1ccc(Cl)cn1. The molecule has 0 radical (unpaired) electrons. The van der Waals surface area contributed by atoms with E-state index in [-0.39, 0.29) is 11.4 Å².